The Kier molecular flexibility index (Phi) is 4.84. The minimum Gasteiger partial charge on any atom is -0.497 e. The van der Waals surface area contributed by atoms with Gasteiger partial charge in [-0.05, 0) is 30.2 Å². The lowest BCUT2D eigenvalue weighted by Crippen LogP contribution is -2.04. The van der Waals surface area contributed by atoms with Crippen LogP contribution in [0.3, 0.4) is 0 Å². The maximum absolute atomic E-state index is 11.3. The van der Waals surface area contributed by atoms with Crippen LogP contribution in [0.4, 0.5) is 0 Å². The summed E-state index contributed by atoms with van der Waals surface area (Å²) in [6.07, 6.45) is 0.873. The molecule has 1 aromatic carbocycles. The largest absolute Gasteiger partial charge is 0.497 e. The van der Waals surface area contributed by atoms with Crippen molar-refractivity contribution in [2.45, 2.75) is 18.4 Å². The van der Waals surface area contributed by atoms with Crippen LogP contribution in [-0.4, -0.2) is 30.9 Å². The Morgan fingerprint density at radius 3 is 2.75 bits per heavy atom. The van der Waals surface area contributed by atoms with Gasteiger partial charge in [0.1, 0.15) is 10.8 Å². The lowest BCUT2D eigenvalue weighted by atomic mass is 10.1. The van der Waals surface area contributed by atoms with E-state index in [1.165, 1.54) is 18.9 Å². The number of ether oxygens (including phenoxy) is 2. The number of aromatic nitrogens is 1. The van der Waals surface area contributed by atoms with Crippen molar-refractivity contribution < 1.29 is 14.3 Å². The molecule has 0 amide bonds. The van der Waals surface area contributed by atoms with Gasteiger partial charge < -0.3 is 9.47 Å². The van der Waals surface area contributed by atoms with Crippen LogP contribution in [0, 0.1) is 0 Å². The number of benzene rings is 1. The molecule has 0 unspecified atom stereocenters. The van der Waals surface area contributed by atoms with Crippen molar-refractivity contribution in [1.29, 1.82) is 0 Å². The number of aryl methyl sites for hydroxylation is 1. The molecule has 20 heavy (non-hydrogen) atoms. The summed E-state index contributed by atoms with van der Waals surface area (Å²) >= 11 is 1.41. The molecule has 1 heterocycles. The highest BCUT2D eigenvalue weighted by molar-refractivity contribution is 7.99. The van der Waals surface area contributed by atoms with Gasteiger partial charge in [0.05, 0.1) is 25.5 Å². The van der Waals surface area contributed by atoms with Crippen molar-refractivity contribution in [2.75, 3.05) is 20.0 Å². The quantitative estimate of drug-likeness (QED) is 0.626. The minimum atomic E-state index is -0.246. The van der Waals surface area contributed by atoms with Crippen molar-refractivity contribution >= 4 is 28.6 Å². The van der Waals surface area contributed by atoms with Crippen molar-refractivity contribution in [1.82, 2.24) is 4.98 Å². The zero-order valence-corrected chi connectivity index (χ0v) is 12.6. The number of pyridine rings is 1. The van der Waals surface area contributed by atoms with E-state index in [4.69, 9.17) is 4.74 Å². The average molecular weight is 291 g/mol. The first kappa shape index (κ1) is 14.7. The third-order valence-electron chi connectivity index (χ3n) is 3.00. The van der Waals surface area contributed by atoms with Gasteiger partial charge in [0, 0.05) is 11.5 Å². The van der Waals surface area contributed by atoms with Crippen molar-refractivity contribution in [3.05, 3.63) is 29.8 Å². The Hall–Kier alpha value is -1.75. The van der Waals surface area contributed by atoms with Crippen LogP contribution >= 0.6 is 11.8 Å². The van der Waals surface area contributed by atoms with Gasteiger partial charge in [-0.25, -0.2) is 4.98 Å². The van der Waals surface area contributed by atoms with Gasteiger partial charge in [-0.15, -0.1) is 0 Å². The highest BCUT2D eigenvalue weighted by Crippen LogP contribution is 2.27. The van der Waals surface area contributed by atoms with E-state index in [0.29, 0.717) is 0 Å². The van der Waals surface area contributed by atoms with Gasteiger partial charge in [-0.3, -0.25) is 4.79 Å². The van der Waals surface area contributed by atoms with E-state index < -0.39 is 0 Å². The van der Waals surface area contributed by atoms with Crippen molar-refractivity contribution in [3.8, 4) is 5.75 Å². The second kappa shape index (κ2) is 6.61. The predicted octanol–water partition coefficient (Wildman–Crippen LogP) is 3.07. The number of esters is 1. The van der Waals surface area contributed by atoms with E-state index in [1.807, 2.05) is 18.2 Å². The molecule has 0 bridgehead atoms. The van der Waals surface area contributed by atoms with Crippen LogP contribution in [0.2, 0.25) is 0 Å². The molecule has 0 atom stereocenters. The van der Waals surface area contributed by atoms with Gasteiger partial charge in [-0.1, -0.05) is 18.7 Å². The summed E-state index contributed by atoms with van der Waals surface area (Å²) < 4.78 is 9.88. The molecule has 4 nitrogen and oxygen atoms in total. The Balaban J connectivity index is 2.38. The first-order valence-electron chi connectivity index (χ1n) is 6.35. The SMILES string of the molecule is CCc1cc2ccc(OC)cc2nc1SCC(=O)OC. The topological polar surface area (TPSA) is 48.4 Å². The molecule has 0 saturated heterocycles. The van der Waals surface area contributed by atoms with E-state index in [2.05, 4.69) is 22.7 Å². The first-order valence-corrected chi connectivity index (χ1v) is 7.33. The van der Waals surface area contributed by atoms with E-state index in [1.54, 1.807) is 7.11 Å². The molecule has 0 spiro atoms. The number of hydrogen-bond acceptors (Lipinski definition) is 5. The maximum Gasteiger partial charge on any atom is 0.316 e. The number of fused-ring (bicyclic) bond motifs is 1. The normalized spacial score (nSPS) is 10.6. The van der Waals surface area contributed by atoms with Gasteiger partial charge >= 0.3 is 5.97 Å². The Morgan fingerprint density at radius 1 is 1.30 bits per heavy atom. The summed E-state index contributed by atoms with van der Waals surface area (Å²) in [7, 11) is 3.02. The number of carbonyl (C=O) groups excluding carboxylic acids is 1. The van der Waals surface area contributed by atoms with Gasteiger partial charge in [0.15, 0.2) is 0 Å². The molecule has 0 saturated carbocycles. The Morgan fingerprint density at radius 2 is 2.10 bits per heavy atom. The standard InChI is InChI=1S/C15H17NO3S/c1-4-10-7-11-5-6-12(18-2)8-13(11)16-15(10)20-9-14(17)19-3/h5-8H,4,9H2,1-3H3. The van der Waals surface area contributed by atoms with Crippen LogP contribution in [0.15, 0.2) is 29.3 Å². The predicted molar refractivity (Wildman–Crippen MR) is 80.4 cm³/mol. The average Bonchev–Trinajstić information content (AvgIpc) is 2.50. The summed E-state index contributed by atoms with van der Waals surface area (Å²) in [5, 5.41) is 1.95. The van der Waals surface area contributed by atoms with E-state index >= 15 is 0 Å². The lowest BCUT2D eigenvalue weighted by Gasteiger charge is -2.09. The smallest absolute Gasteiger partial charge is 0.316 e. The summed E-state index contributed by atoms with van der Waals surface area (Å²) in [4.78, 5) is 15.9. The molecule has 106 valence electrons. The van der Waals surface area contributed by atoms with Crippen LogP contribution < -0.4 is 4.74 Å². The molecule has 0 fully saturated rings. The van der Waals surface area contributed by atoms with Gasteiger partial charge in [-0.2, -0.15) is 0 Å². The van der Waals surface area contributed by atoms with Crippen LogP contribution in [0.25, 0.3) is 10.9 Å². The molecule has 2 aromatic rings. The number of rotatable bonds is 5. The second-order valence-electron chi connectivity index (χ2n) is 4.23. The Bertz CT molecular complexity index is 628. The van der Waals surface area contributed by atoms with Crippen molar-refractivity contribution in [3.63, 3.8) is 0 Å². The molecule has 2 rings (SSSR count). The molecule has 0 aliphatic rings. The summed E-state index contributed by atoms with van der Waals surface area (Å²) in [5.41, 5.74) is 2.01. The monoisotopic (exact) mass is 291 g/mol. The third-order valence-corrected chi connectivity index (χ3v) is 4.01. The fourth-order valence-electron chi connectivity index (χ4n) is 1.86. The summed E-state index contributed by atoms with van der Waals surface area (Å²) in [5.74, 6) is 0.800. The second-order valence-corrected chi connectivity index (χ2v) is 5.19. The van der Waals surface area contributed by atoms with Crippen molar-refractivity contribution in [2.24, 2.45) is 0 Å². The number of nitrogens with zero attached hydrogens (tertiary/aromatic N) is 1. The van der Waals surface area contributed by atoms with Crippen LogP contribution in [-0.2, 0) is 16.0 Å². The molecule has 1 aromatic heterocycles. The maximum atomic E-state index is 11.3. The first-order chi connectivity index (χ1) is 9.67. The zero-order chi connectivity index (χ0) is 14.5. The number of methoxy groups -OCH3 is 2. The third kappa shape index (κ3) is 3.22. The molecular formula is C15H17NO3S. The number of hydrogen-bond donors (Lipinski definition) is 0. The highest BCUT2D eigenvalue weighted by Gasteiger charge is 2.10. The number of carbonyl (C=O) groups is 1. The molecule has 0 radical (unpaired) electrons. The summed E-state index contributed by atoms with van der Waals surface area (Å²) in [6, 6.07) is 7.93. The fraction of sp³-hybridized carbons (Fsp3) is 0.333. The van der Waals surface area contributed by atoms with Gasteiger partial charge in [0.2, 0.25) is 0 Å². The molecule has 5 heteroatoms. The van der Waals surface area contributed by atoms with E-state index in [9.17, 15) is 4.79 Å². The lowest BCUT2D eigenvalue weighted by molar-refractivity contribution is -0.137. The van der Waals surface area contributed by atoms with Crippen LogP contribution in [0.5, 0.6) is 5.75 Å². The fourth-order valence-corrected chi connectivity index (χ4v) is 2.79. The zero-order valence-electron chi connectivity index (χ0n) is 11.8. The van der Waals surface area contributed by atoms with Gasteiger partial charge in [0.25, 0.3) is 0 Å². The molecule has 0 aliphatic heterocycles. The number of thioether (sulfide) groups is 1. The summed E-state index contributed by atoms with van der Waals surface area (Å²) in [6.45, 7) is 2.08. The molecule has 0 aliphatic carbocycles. The Labute approximate surface area is 122 Å². The van der Waals surface area contributed by atoms with E-state index in [0.717, 1.165) is 33.7 Å². The molecule has 0 N–H and O–H groups in total. The highest BCUT2D eigenvalue weighted by atomic mass is 32.2. The minimum absolute atomic E-state index is 0.246. The van der Waals surface area contributed by atoms with Crippen LogP contribution in [0.1, 0.15) is 12.5 Å². The molecular weight excluding hydrogens is 274 g/mol. The van der Waals surface area contributed by atoms with E-state index in [-0.39, 0.29) is 11.7 Å².